The second-order valence-electron chi connectivity index (χ2n) is 6.52. The number of fused-ring (bicyclic) bond motifs is 4. The van der Waals surface area contributed by atoms with Crippen molar-refractivity contribution >= 4 is 29.0 Å². The van der Waals surface area contributed by atoms with E-state index in [1.165, 1.54) is 0 Å². The number of rotatable bonds is 3. The molecule has 2 bridgehead atoms. The number of nitrogens with one attached hydrogen (secondary N) is 1. The van der Waals surface area contributed by atoms with Crippen LogP contribution in [-0.2, 0) is 9.53 Å². The van der Waals surface area contributed by atoms with E-state index in [1.54, 1.807) is 6.92 Å². The van der Waals surface area contributed by atoms with Crippen LogP contribution in [0.25, 0.3) is 0 Å². The lowest BCUT2D eigenvalue weighted by Gasteiger charge is -2.55. The quantitative estimate of drug-likeness (QED) is 0.662. The molecule has 0 unspecified atom stereocenters. The van der Waals surface area contributed by atoms with E-state index in [-0.39, 0.29) is 12.0 Å². The molecule has 2 aliphatic heterocycles. The zero-order valence-electron chi connectivity index (χ0n) is 14.6. The van der Waals surface area contributed by atoms with E-state index < -0.39 is 11.6 Å². The lowest BCUT2D eigenvalue weighted by Crippen LogP contribution is -2.71. The molecule has 2 heterocycles. The van der Waals surface area contributed by atoms with Gasteiger partial charge in [0.15, 0.2) is 5.11 Å². The first-order chi connectivity index (χ1) is 12.6. The fraction of sp³-hybridized carbons (Fsp3) is 0.300. The van der Waals surface area contributed by atoms with E-state index in [9.17, 15) is 4.79 Å². The molecular formula is C20H20N2O3S. The van der Waals surface area contributed by atoms with E-state index in [1.807, 2.05) is 66.4 Å². The van der Waals surface area contributed by atoms with Gasteiger partial charge in [-0.3, -0.25) is 9.69 Å². The summed E-state index contributed by atoms with van der Waals surface area (Å²) in [6.07, 6.45) is 0. The molecule has 2 aliphatic rings. The summed E-state index contributed by atoms with van der Waals surface area (Å²) in [4.78, 5) is 14.8. The lowest BCUT2D eigenvalue weighted by molar-refractivity contribution is -0.159. The van der Waals surface area contributed by atoms with E-state index in [2.05, 4.69) is 5.32 Å². The maximum Gasteiger partial charge on any atom is 0.317 e. The summed E-state index contributed by atoms with van der Waals surface area (Å²) in [6.45, 7) is 4.02. The number of nitrogens with zero attached hydrogens (tertiary/aromatic N) is 1. The predicted octanol–water partition coefficient (Wildman–Crippen LogP) is 3.41. The van der Waals surface area contributed by atoms with Gasteiger partial charge < -0.3 is 14.8 Å². The number of benzene rings is 2. The number of carbonyl (C=O) groups excluding carboxylic acids is 1. The normalized spacial score (nSPS) is 26.4. The highest BCUT2D eigenvalue weighted by Gasteiger charge is 2.59. The van der Waals surface area contributed by atoms with Crippen molar-refractivity contribution in [1.82, 2.24) is 5.32 Å². The van der Waals surface area contributed by atoms with Gasteiger partial charge in [-0.25, -0.2) is 0 Å². The molecule has 1 N–H and O–H groups in total. The van der Waals surface area contributed by atoms with Crippen LogP contribution in [0.3, 0.4) is 0 Å². The van der Waals surface area contributed by atoms with Crippen LogP contribution >= 0.6 is 12.2 Å². The van der Waals surface area contributed by atoms with Crippen molar-refractivity contribution in [3.05, 3.63) is 60.2 Å². The minimum atomic E-state index is -0.991. The molecule has 0 saturated carbocycles. The molecule has 5 nitrogen and oxygen atoms in total. The molecule has 2 aromatic carbocycles. The Kier molecular flexibility index (Phi) is 4.07. The van der Waals surface area contributed by atoms with Crippen molar-refractivity contribution in [2.75, 3.05) is 11.5 Å². The number of ether oxygens (including phenoxy) is 2. The summed E-state index contributed by atoms with van der Waals surface area (Å²) in [5.41, 5.74) is 0.785. The molecule has 134 valence electrons. The van der Waals surface area contributed by atoms with Gasteiger partial charge in [0, 0.05) is 11.3 Å². The number of esters is 1. The Balaban J connectivity index is 1.89. The topological polar surface area (TPSA) is 50.8 Å². The number of hydrogen-bond acceptors (Lipinski definition) is 4. The highest BCUT2D eigenvalue weighted by Crippen LogP contribution is 2.49. The van der Waals surface area contributed by atoms with Gasteiger partial charge in [0.1, 0.15) is 11.7 Å². The Morgan fingerprint density at radius 2 is 1.92 bits per heavy atom. The minimum Gasteiger partial charge on any atom is -0.466 e. The number of anilines is 1. The zero-order valence-corrected chi connectivity index (χ0v) is 15.5. The number of thiocarbonyl (C=S) groups is 1. The number of para-hydroxylation sites is 2. The van der Waals surface area contributed by atoms with E-state index >= 15 is 0 Å². The average Bonchev–Trinajstić information content (AvgIpc) is 2.62. The number of hydrogen-bond donors (Lipinski definition) is 1. The van der Waals surface area contributed by atoms with Crippen molar-refractivity contribution in [2.24, 2.45) is 5.92 Å². The van der Waals surface area contributed by atoms with Crippen LogP contribution in [0.2, 0.25) is 0 Å². The molecule has 3 atom stereocenters. The van der Waals surface area contributed by atoms with E-state index in [0.717, 1.165) is 17.0 Å². The largest absolute Gasteiger partial charge is 0.466 e. The Bertz CT molecular complexity index is 857. The van der Waals surface area contributed by atoms with Crippen LogP contribution in [0.5, 0.6) is 5.75 Å². The molecule has 1 fully saturated rings. The van der Waals surface area contributed by atoms with Crippen molar-refractivity contribution in [3.8, 4) is 5.75 Å². The monoisotopic (exact) mass is 368 g/mol. The molecule has 0 aromatic heterocycles. The van der Waals surface area contributed by atoms with Crippen molar-refractivity contribution < 1.29 is 14.3 Å². The standard InChI is InChI=1S/C20H20N2O3S/c1-3-24-18(23)16-17-14-11-7-8-12-15(14)25-20(16,2)22(19(26)21-17)13-9-5-4-6-10-13/h4-12,16-17H,3H2,1-2H3,(H,21,26)/t16-,17+,20-/m0/s1. The summed E-state index contributed by atoms with van der Waals surface area (Å²) in [5.74, 6) is -0.119. The second kappa shape index (κ2) is 6.29. The van der Waals surface area contributed by atoms with Crippen molar-refractivity contribution in [3.63, 3.8) is 0 Å². The molecule has 4 rings (SSSR count). The molecule has 0 aliphatic carbocycles. The molecular weight excluding hydrogens is 348 g/mol. The first-order valence-electron chi connectivity index (χ1n) is 8.66. The lowest BCUT2D eigenvalue weighted by atomic mass is 9.79. The zero-order chi connectivity index (χ0) is 18.3. The third kappa shape index (κ3) is 2.44. The summed E-state index contributed by atoms with van der Waals surface area (Å²) in [5, 5.41) is 3.87. The molecule has 0 amide bonds. The van der Waals surface area contributed by atoms with Crippen LogP contribution in [0.4, 0.5) is 5.69 Å². The van der Waals surface area contributed by atoms with Gasteiger partial charge in [0.2, 0.25) is 5.72 Å². The van der Waals surface area contributed by atoms with Crippen LogP contribution in [0.15, 0.2) is 54.6 Å². The first-order valence-corrected chi connectivity index (χ1v) is 9.07. The van der Waals surface area contributed by atoms with Gasteiger partial charge in [-0.15, -0.1) is 0 Å². The maximum atomic E-state index is 12.9. The molecule has 0 spiro atoms. The minimum absolute atomic E-state index is 0.295. The fourth-order valence-electron chi connectivity index (χ4n) is 3.89. The fourth-order valence-corrected chi connectivity index (χ4v) is 4.30. The average molecular weight is 368 g/mol. The van der Waals surface area contributed by atoms with E-state index in [0.29, 0.717) is 11.7 Å². The van der Waals surface area contributed by atoms with Crippen molar-refractivity contribution in [1.29, 1.82) is 0 Å². The Morgan fingerprint density at radius 1 is 1.23 bits per heavy atom. The van der Waals surface area contributed by atoms with Gasteiger partial charge in [-0.2, -0.15) is 0 Å². The molecule has 1 saturated heterocycles. The maximum absolute atomic E-state index is 12.9. The Hall–Kier alpha value is -2.60. The highest BCUT2D eigenvalue weighted by molar-refractivity contribution is 7.80. The predicted molar refractivity (Wildman–Crippen MR) is 103 cm³/mol. The van der Waals surface area contributed by atoms with Crippen LogP contribution in [-0.4, -0.2) is 23.4 Å². The SMILES string of the molecule is CCOC(=O)[C@@H]1[C@@H]2NC(=S)N(c3ccccc3)[C@@]1(C)Oc1ccccc12. The Labute approximate surface area is 157 Å². The summed E-state index contributed by atoms with van der Waals surface area (Å²) >= 11 is 5.65. The van der Waals surface area contributed by atoms with Crippen LogP contribution in [0.1, 0.15) is 25.5 Å². The van der Waals surface area contributed by atoms with Gasteiger partial charge >= 0.3 is 5.97 Å². The summed E-state index contributed by atoms with van der Waals surface area (Å²) < 4.78 is 11.8. The van der Waals surface area contributed by atoms with Gasteiger partial charge in [-0.1, -0.05) is 36.4 Å². The third-order valence-electron chi connectivity index (χ3n) is 4.96. The first kappa shape index (κ1) is 16.8. The van der Waals surface area contributed by atoms with Crippen LogP contribution in [0, 0.1) is 5.92 Å². The van der Waals surface area contributed by atoms with Gasteiger partial charge in [0.05, 0.1) is 12.6 Å². The number of carbonyl (C=O) groups is 1. The summed E-state index contributed by atoms with van der Waals surface area (Å²) in [7, 11) is 0. The molecule has 0 radical (unpaired) electrons. The smallest absolute Gasteiger partial charge is 0.317 e. The van der Waals surface area contributed by atoms with Crippen molar-refractivity contribution in [2.45, 2.75) is 25.6 Å². The second-order valence-corrected chi connectivity index (χ2v) is 6.91. The van der Waals surface area contributed by atoms with Gasteiger partial charge in [0.25, 0.3) is 0 Å². The van der Waals surface area contributed by atoms with E-state index in [4.69, 9.17) is 21.7 Å². The molecule has 6 heteroatoms. The molecule has 26 heavy (non-hydrogen) atoms. The highest BCUT2D eigenvalue weighted by atomic mass is 32.1. The van der Waals surface area contributed by atoms with Gasteiger partial charge in [-0.05, 0) is 44.3 Å². The van der Waals surface area contributed by atoms with Crippen LogP contribution < -0.4 is 15.0 Å². The molecule has 2 aromatic rings. The summed E-state index contributed by atoms with van der Waals surface area (Å²) in [6, 6.07) is 17.1. The third-order valence-corrected chi connectivity index (χ3v) is 5.26. The Morgan fingerprint density at radius 3 is 2.65 bits per heavy atom.